The van der Waals surface area contributed by atoms with Crippen LogP contribution in [-0.2, 0) is 4.79 Å². The molecule has 1 aromatic heterocycles. The molecule has 1 saturated carbocycles. The number of alkyl halides is 3. The zero-order valence-electron chi connectivity index (χ0n) is 14.1. The molecule has 1 aromatic rings. The number of hydrogen-bond donors (Lipinski definition) is 2. The average Bonchev–Trinajstić information content (AvgIpc) is 3.32. The number of aliphatic hydroxyl groups is 1. The fraction of sp³-hybridized carbons (Fsp3) is 0.529. The van der Waals surface area contributed by atoms with Gasteiger partial charge in [0, 0.05) is 13.0 Å². The lowest BCUT2D eigenvalue weighted by Gasteiger charge is -2.27. The molecule has 1 atom stereocenters. The number of carbonyl (C=O) groups excluding carboxylic acids is 1. The Kier molecular flexibility index (Phi) is 4.83. The van der Waals surface area contributed by atoms with Gasteiger partial charge in [0.05, 0.1) is 25.0 Å². The normalized spacial score (nSPS) is 23.0. The van der Waals surface area contributed by atoms with Crippen molar-refractivity contribution >= 4 is 11.7 Å². The molecule has 6 nitrogen and oxygen atoms in total. The van der Waals surface area contributed by atoms with Gasteiger partial charge in [0.25, 0.3) is 5.91 Å². The molecule has 1 amide bonds. The number of hydrogen-bond acceptors (Lipinski definition) is 5. The molecule has 0 radical (unpaired) electrons. The number of pyridine rings is 1. The molecule has 26 heavy (non-hydrogen) atoms. The molecule has 1 aliphatic carbocycles. The number of likely N-dealkylation sites (tertiary alicyclic amines) is 1. The van der Waals surface area contributed by atoms with Crippen molar-refractivity contribution in [2.75, 3.05) is 25.0 Å². The van der Waals surface area contributed by atoms with E-state index in [1.807, 2.05) is 0 Å². The van der Waals surface area contributed by atoms with Crippen molar-refractivity contribution in [2.24, 2.45) is 5.92 Å². The minimum absolute atomic E-state index is 0.108. The van der Waals surface area contributed by atoms with E-state index in [4.69, 9.17) is 4.74 Å². The van der Waals surface area contributed by atoms with Gasteiger partial charge in [-0.15, -0.1) is 0 Å². The monoisotopic (exact) mass is 371 g/mol. The highest BCUT2D eigenvalue weighted by molar-refractivity contribution is 6.02. The molecule has 0 aromatic carbocycles. The van der Waals surface area contributed by atoms with Gasteiger partial charge in [-0.1, -0.05) is 6.58 Å². The van der Waals surface area contributed by atoms with E-state index in [-0.39, 0.29) is 18.1 Å². The molecular formula is C17H20F3N3O3. The SMILES string of the molecule is C=C(C(=O)Nc1ccc(OCC2CC2)cn1)N1CC[C@@](O)(C(F)(F)F)C1. The van der Waals surface area contributed by atoms with Gasteiger partial charge in [0.2, 0.25) is 0 Å². The van der Waals surface area contributed by atoms with Crippen LogP contribution in [0.1, 0.15) is 19.3 Å². The Bertz CT molecular complexity index is 689. The minimum atomic E-state index is -4.75. The quantitative estimate of drug-likeness (QED) is 0.751. The van der Waals surface area contributed by atoms with E-state index in [2.05, 4.69) is 16.9 Å². The van der Waals surface area contributed by atoms with Crippen LogP contribution in [0.4, 0.5) is 19.0 Å². The lowest BCUT2D eigenvalue weighted by Crippen LogP contribution is -2.47. The summed E-state index contributed by atoms with van der Waals surface area (Å²) in [6, 6.07) is 3.20. The molecule has 2 fully saturated rings. The topological polar surface area (TPSA) is 74.7 Å². The molecule has 0 unspecified atom stereocenters. The summed E-state index contributed by atoms with van der Waals surface area (Å²) in [5.74, 6) is 0.757. The third kappa shape index (κ3) is 4.09. The van der Waals surface area contributed by atoms with Crippen molar-refractivity contribution in [3.63, 3.8) is 0 Å². The van der Waals surface area contributed by atoms with Crippen LogP contribution in [0, 0.1) is 5.92 Å². The lowest BCUT2D eigenvalue weighted by atomic mass is 10.0. The molecule has 1 aliphatic heterocycles. The summed E-state index contributed by atoms with van der Waals surface area (Å²) in [7, 11) is 0. The molecule has 1 saturated heterocycles. The summed E-state index contributed by atoms with van der Waals surface area (Å²) >= 11 is 0. The first kappa shape index (κ1) is 18.5. The van der Waals surface area contributed by atoms with Crippen LogP contribution in [-0.4, -0.2) is 52.4 Å². The Hall–Kier alpha value is -2.29. The average molecular weight is 371 g/mol. The predicted octanol–water partition coefficient (Wildman–Crippen LogP) is 2.32. The van der Waals surface area contributed by atoms with Gasteiger partial charge in [0.15, 0.2) is 5.60 Å². The Balaban J connectivity index is 1.53. The van der Waals surface area contributed by atoms with Gasteiger partial charge in [-0.2, -0.15) is 13.2 Å². The number of ether oxygens (including phenoxy) is 1. The molecule has 0 spiro atoms. The third-order valence-corrected chi connectivity index (χ3v) is 4.58. The fourth-order valence-electron chi connectivity index (χ4n) is 2.63. The highest BCUT2D eigenvalue weighted by Crippen LogP contribution is 2.38. The van der Waals surface area contributed by atoms with Crippen LogP contribution < -0.4 is 10.1 Å². The van der Waals surface area contributed by atoms with Crippen molar-refractivity contribution in [3.8, 4) is 5.75 Å². The Morgan fingerprint density at radius 2 is 2.19 bits per heavy atom. The number of carbonyl (C=O) groups is 1. The van der Waals surface area contributed by atoms with E-state index in [9.17, 15) is 23.1 Å². The third-order valence-electron chi connectivity index (χ3n) is 4.58. The van der Waals surface area contributed by atoms with Gasteiger partial charge < -0.3 is 20.1 Å². The molecule has 3 rings (SSSR count). The van der Waals surface area contributed by atoms with Crippen molar-refractivity contribution in [3.05, 3.63) is 30.6 Å². The van der Waals surface area contributed by atoms with Gasteiger partial charge in [0.1, 0.15) is 11.6 Å². The minimum Gasteiger partial charge on any atom is -0.492 e. The number of aromatic nitrogens is 1. The summed E-state index contributed by atoms with van der Waals surface area (Å²) in [6.45, 7) is 3.35. The van der Waals surface area contributed by atoms with Crippen LogP contribution in [0.5, 0.6) is 5.75 Å². The number of rotatable bonds is 6. The fourth-order valence-corrected chi connectivity index (χ4v) is 2.63. The number of nitrogens with one attached hydrogen (secondary N) is 1. The highest BCUT2D eigenvalue weighted by atomic mass is 19.4. The van der Waals surface area contributed by atoms with Crippen molar-refractivity contribution in [1.29, 1.82) is 0 Å². The summed E-state index contributed by atoms with van der Waals surface area (Å²) < 4.78 is 44.1. The van der Waals surface area contributed by atoms with Crippen LogP contribution in [0.25, 0.3) is 0 Å². The van der Waals surface area contributed by atoms with Crippen LogP contribution in [0.3, 0.4) is 0 Å². The van der Waals surface area contributed by atoms with Gasteiger partial charge in [-0.25, -0.2) is 4.98 Å². The maximum Gasteiger partial charge on any atom is 0.418 e. The van der Waals surface area contributed by atoms with Gasteiger partial charge in [-0.05, 0) is 30.9 Å². The Morgan fingerprint density at radius 3 is 2.73 bits per heavy atom. The molecule has 2 aliphatic rings. The summed E-state index contributed by atoms with van der Waals surface area (Å²) in [4.78, 5) is 17.4. The first-order valence-corrected chi connectivity index (χ1v) is 8.31. The van der Waals surface area contributed by atoms with Crippen molar-refractivity contribution < 1.29 is 27.8 Å². The second-order valence-corrected chi connectivity index (χ2v) is 6.74. The number of anilines is 1. The standard InChI is InChI=1S/C17H20F3N3O3/c1-11(23-7-6-16(25,10-23)17(18,19)20)15(24)22-14-5-4-13(8-21-14)26-9-12-2-3-12/h4-5,8,12,25H,1-3,6-7,9-10H2,(H,21,22,24)/t16-/m0/s1. The van der Waals surface area contributed by atoms with Gasteiger partial charge in [-0.3, -0.25) is 4.79 Å². The zero-order chi connectivity index (χ0) is 18.9. The maximum atomic E-state index is 12.9. The number of β-amino-alcohol motifs (C(OH)–C–C–N with tert-alkyl or cyclic N) is 1. The lowest BCUT2D eigenvalue weighted by molar-refractivity contribution is -0.253. The molecular weight excluding hydrogens is 351 g/mol. The van der Waals surface area contributed by atoms with E-state index in [0.717, 1.165) is 4.90 Å². The van der Waals surface area contributed by atoms with Crippen molar-refractivity contribution in [2.45, 2.75) is 31.0 Å². The van der Waals surface area contributed by atoms with E-state index in [1.54, 1.807) is 12.1 Å². The van der Waals surface area contributed by atoms with Crippen LogP contribution in [0.2, 0.25) is 0 Å². The van der Waals surface area contributed by atoms with Crippen LogP contribution >= 0.6 is 0 Å². The van der Waals surface area contributed by atoms with Crippen LogP contribution in [0.15, 0.2) is 30.6 Å². The molecule has 2 heterocycles. The molecule has 9 heteroatoms. The molecule has 142 valence electrons. The van der Waals surface area contributed by atoms with E-state index in [0.29, 0.717) is 18.3 Å². The van der Waals surface area contributed by atoms with Gasteiger partial charge >= 0.3 is 6.18 Å². The first-order chi connectivity index (χ1) is 12.2. The number of nitrogens with zero attached hydrogens (tertiary/aromatic N) is 2. The smallest absolute Gasteiger partial charge is 0.418 e. The second kappa shape index (κ2) is 6.79. The predicted molar refractivity (Wildman–Crippen MR) is 87.4 cm³/mol. The Labute approximate surface area is 148 Å². The van der Waals surface area contributed by atoms with E-state index >= 15 is 0 Å². The number of amides is 1. The summed E-state index contributed by atoms with van der Waals surface area (Å²) in [5, 5.41) is 12.2. The maximum absolute atomic E-state index is 12.9. The first-order valence-electron chi connectivity index (χ1n) is 8.31. The zero-order valence-corrected chi connectivity index (χ0v) is 14.1. The van der Waals surface area contributed by atoms with E-state index < -0.39 is 30.7 Å². The Morgan fingerprint density at radius 1 is 1.46 bits per heavy atom. The summed E-state index contributed by atoms with van der Waals surface area (Å²) in [5.41, 5.74) is -2.98. The van der Waals surface area contributed by atoms with Crippen molar-refractivity contribution in [1.82, 2.24) is 9.88 Å². The largest absolute Gasteiger partial charge is 0.492 e. The molecule has 2 N–H and O–H groups in total. The highest BCUT2D eigenvalue weighted by Gasteiger charge is 2.57. The number of halogens is 3. The summed E-state index contributed by atoms with van der Waals surface area (Å²) in [6.07, 6.45) is -1.45. The van der Waals surface area contributed by atoms with E-state index in [1.165, 1.54) is 19.0 Å². The molecule has 0 bridgehead atoms. The second-order valence-electron chi connectivity index (χ2n) is 6.74.